The second-order valence-electron chi connectivity index (χ2n) is 6.08. The minimum atomic E-state index is -3.72. The predicted octanol–water partition coefficient (Wildman–Crippen LogP) is 2.45. The molecule has 0 heterocycles. The summed E-state index contributed by atoms with van der Waals surface area (Å²) in [5.41, 5.74) is 0.318. The maximum absolute atomic E-state index is 12.7. The molecule has 1 aromatic carbocycles. The Hall–Kier alpha value is -1.60. The third kappa shape index (κ3) is 4.70. The molecule has 24 heavy (non-hydrogen) atoms. The Bertz CT molecular complexity index is 667. The third-order valence-electron chi connectivity index (χ3n) is 4.21. The molecule has 2 N–H and O–H groups in total. The van der Waals surface area contributed by atoms with Crippen LogP contribution >= 0.6 is 0 Å². The Morgan fingerprint density at radius 1 is 1.29 bits per heavy atom. The van der Waals surface area contributed by atoms with E-state index in [0.29, 0.717) is 12.1 Å². The van der Waals surface area contributed by atoms with E-state index in [2.05, 4.69) is 10.0 Å². The largest absolute Gasteiger partial charge is 0.495 e. The van der Waals surface area contributed by atoms with Gasteiger partial charge in [0.1, 0.15) is 10.6 Å². The van der Waals surface area contributed by atoms with Gasteiger partial charge in [0.05, 0.1) is 7.11 Å². The van der Waals surface area contributed by atoms with Gasteiger partial charge in [0.25, 0.3) is 5.91 Å². The summed E-state index contributed by atoms with van der Waals surface area (Å²) in [6.45, 7) is 2.61. The summed E-state index contributed by atoms with van der Waals surface area (Å²) in [5.74, 6) is -0.0333. The van der Waals surface area contributed by atoms with E-state index in [0.717, 1.165) is 38.5 Å². The number of carbonyl (C=O) groups is 1. The quantitative estimate of drug-likeness (QED) is 0.702. The van der Waals surface area contributed by atoms with Gasteiger partial charge in [-0.15, -0.1) is 0 Å². The molecule has 1 saturated carbocycles. The number of carbonyl (C=O) groups excluding carboxylic acids is 1. The van der Waals surface area contributed by atoms with E-state index in [1.54, 1.807) is 6.07 Å². The first-order chi connectivity index (χ1) is 11.5. The number of hydrogen-bond donors (Lipinski definition) is 2. The molecular weight excluding hydrogens is 328 g/mol. The highest BCUT2D eigenvalue weighted by Gasteiger charge is 2.26. The first-order valence-corrected chi connectivity index (χ1v) is 9.95. The highest BCUT2D eigenvalue weighted by Crippen LogP contribution is 2.27. The van der Waals surface area contributed by atoms with Crippen LogP contribution in [0.4, 0.5) is 0 Å². The normalized spacial score (nSPS) is 15.4. The van der Waals surface area contributed by atoms with Crippen LogP contribution in [0.15, 0.2) is 23.1 Å². The molecule has 1 amide bonds. The zero-order chi connectivity index (χ0) is 17.6. The van der Waals surface area contributed by atoms with Gasteiger partial charge in [-0.3, -0.25) is 4.79 Å². The first-order valence-electron chi connectivity index (χ1n) is 8.46. The Labute approximate surface area is 144 Å². The topological polar surface area (TPSA) is 84.5 Å². The van der Waals surface area contributed by atoms with E-state index < -0.39 is 10.0 Å². The van der Waals surface area contributed by atoms with Crippen molar-refractivity contribution in [1.29, 1.82) is 0 Å². The second-order valence-corrected chi connectivity index (χ2v) is 7.76. The summed E-state index contributed by atoms with van der Waals surface area (Å²) in [6.07, 6.45) is 5.62. The maximum atomic E-state index is 12.7. The highest BCUT2D eigenvalue weighted by molar-refractivity contribution is 7.89. The molecular formula is C17H26N2O4S. The second kappa shape index (κ2) is 8.48. The van der Waals surface area contributed by atoms with Crippen LogP contribution in [0.5, 0.6) is 5.75 Å². The lowest BCUT2D eigenvalue weighted by molar-refractivity contribution is 0.0953. The van der Waals surface area contributed by atoms with Crippen LogP contribution in [0.1, 0.15) is 55.8 Å². The van der Waals surface area contributed by atoms with Crippen LogP contribution in [-0.2, 0) is 10.0 Å². The van der Waals surface area contributed by atoms with Crippen molar-refractivity contribution in [2.45, 2.75) is 56.4 Å². The third-order valence-corrected chi connectivity index (χ3v) is 5.75. The molecule has 1 aliphatic carbocycles. The summed E-state index contributed by atoms with van der Waals surface area (Å²) in [5, 5.41) is 2.79. The minimum Gasteiger partial charge on any atom is -0.495 e. The lowest BCUT2D eigenvalue weighted by Crippen LogP contribution is -2.33. The number of methoxy groups -OCH3 is 1. The maximum Gasteiger partial charge on any atom is 0.251 e. The van der Waals surface area contributed by atoms with Gasteiger partial charge in [-0.05, 0) is 37.5 Å². The van der Waals surface area contributed by atoms with Gasteiger partial charge in [0, 0.05) is 18.2 Å². The van der Waals surface area contributed by atoms with Crippen molar-refractivity contribution in [1.82, 2.24) is 10.0 Å². The van der Waals surface area contributed by atoms with Crippen molar-refractivity contribution < 1.29 is 17.9 Å². The van der Waals surface area contributed by atoms with Gasteiger partial charge in [-0.25, -0.2) is 13.1 Å². The van der Waals surface area contributed by atoms with Crippen molar-refractivity contribution in [3.8, 4) is 5.75 Å². The average molecular weight is 354 g/mol. The fourth-order valence-electron chi connectivity index (χ4n) is 2.84. The number of ether oxygens (including phenoxy) is 1. The van der Waals surface area contributed by atoms with Crippen LogP contribution in [0.25, 0.3) is 0 Å². The fraction of sp³-hybridized carbons (Fsp3) is 0.588. The Morgan fingerprint density at radius 2 is 2.00 bits per heavy atom. The van der Waals surface area contributed by atoms with Crippen LogP contribution in [0.2, 0.25) is 0 Å². The molecule has 7 heteroatoms. The van der Waals surface area contributed by atoms with Gasteiger partial charge in [-0.2, -0.15) is 0 Å². The molecule has 0 aromatic heterocycles. The van der Waals surface area contributed by atoms with Gasteiger partial charge >= 0.3 is 0 Å². The van der Waals surface area contributed by atoms with Gasteiger partial charge in [-0.1, -0.05) is 26.2 Å². The highest BCUT2D eigenvalue weighted by atomic mass is 32.2. The Balaban J connectivity index is 2.23. The summed E-state index contributed by atoms with van der Waals surface area (Å²) in [4.78, 5) is 12.2. The molecule has 0 bridgehead atoms. The van der Waals surface area contributed by atoms with Gasteiger partial charge < -0.3 is 10.1 Å². The summed E-state index contributed by atoms with van der Waals surface area (Å²) in [7, 11) is -2.30. The van der Waals surface area contributed by atoms with Crippen LogP contribution in [-0.4, -0.2) is 34.0 Å². The van der Waals surface area contributed by atoms with Crippen LogP contribution in [0, 0.1) is 0 Å². The standard InChI is InChI=1S/C17H26N2O4S/c1-3-4-11-18-17(20)13-9-10-15(23-2)16(12-13)24(21,22)19-14-7-5-6-8-14/h9-10,12,14,19H,3-8,11H2,1-2H3,(H,18,20). The summed E-state index contributed by atoms with van der Waals surface area (Å²) >= 11 is 0. The zero-order valence-corrected chi connectivity index (χ0v) is 15.1. The van der Waals surface area contributed by atoms with E-state index in [1.807, 2.05) is 6.92 Å². The number of sulfonamides is 1. The summed E-state index contributed by atoms with van der Waals surface area (Å²) in [6, 6.07) is 4.45. The van der Waals surface area contributed by atoms with E-state index >= 15 is 0 Å². The van der Waals surface area contributed by atoms with Crippen molar-refractivity contribution in [3.63, 3.8) is 0 Å². The number of hydrogen-bond acceptors (Lipinski definition) is 4. The molecule has 0 unspecified atom stereocenters. The molecule has 0 spiro atoms. The van der Waals surface area contributed by atoms with E-state index in [-0.39, 0.29) is 22.6 Å². The van der Waals surface area contributed by atoms with Crippen molar-refractivity contribution in [3.05, 3.63) is 23.8 Å². The number of unbranched alkanes of at least 4 members (excludes halogenated alkanes) is 1. The molecule has 6 nitrogen and oxygen atoms in total. The predicted molar refractivity (Wildman–Crippen MR) is 92.8 cm³/mol. The number of nitrogens with one attached hydrogen (secondary N) is 2. The lowest BCUT2D eigenvalue weighted by atomic mass is 10.2. The van der Waals surface area contributed by atoms with Crippen LogP contribution in [0.3, 0.4) is 0 Å². The van der Waals surface area contributed by atoms with Crippen molar-refractivity contribution in [2.75, 3.05) is 13.7 Å². The number of rotatable bonds is 8. The van der Waals surface area contributed by atoms with E-state index in [1.165, 1.54) is 19.2 Å². The molecule has 1 fully saturated rings. The van der Waals surface area contributed by atoms with E-state index in [4.69, 9.17) is 4.74 Å². The molecule has 2 rings (SSSR count). The Kier molecular flexibility index (Phi) is 6.62. The Morgan fingerprint density at radius 3 is 2.62 bits per heavy atom. The van der Waals surface area contributed by atoms with Crippen LogP contribution < -0.4 is 14.8 Å². The first kappa shape index (κ1) is 18.7. The molecule has 0 aliphatic heterocycles. The molecule has 1 aliphatic rings. The number of amides is 1. The molecule has 134 valence electrons. The lowest BCUT2D eigenvalue weighted by Gasteiger charge is -2.15. The molecule has 1 aromatic rings. The average Bonchev–Trinajstić information content (AvgIpc) is 3.06. The van der Waals surface area contributed by atoms with E-state index in [9.17, 15) is 13.2 Å². The molecule has 0 atom stereocenters. The van der Waals surface area contributed by atoms with Gasteiger partial charge in [0.15, 0.2) is 0 Å². The number of benzene rings is 1. The zero-order valence-electron chi connectivity index (χ0n) is 14.3. The molecule has 0 radical (unpaired) electrons. The fourth-order valence-corrected chi connectivity index (χ4v) is 4.34. The van der Waals surface area contributed by atoms with Crippen molar-refractivity contribution >= 4 is 15.9 Å². The monoisotopic (exact) mass is 354 g/mol. The molecule has 0 saturated heterocycles. The summed E-state index contributed by atoms with van der Waals surface area (Å²) < 4.78 is 33.3. The van der Waals surface area contributed by atoms with Crippen molar-refractivity contribution in [2.24, 2.45) is 0 Å². The van der Waals surface area contributed by atoms with Gasteiger partial charge in [0.2, 0.25) is 10.0 Å². The minimum absolute atomic E-state index is 0.0139. The smallest absolute Gasteiger partial charge is 0.251 e. The SMILES string of the molecule is CCCCNC(=O)c1ccc(OC)c(S(=O)(=O)NC2CCCC2)c1.